The average Bonchev–Trinajstić information content (AvgIpc) is 3.11. The zero-order valence-electron chi connectivity index (χ0n) is 16.0. The summed E-state index contributed by atoms with van der Waals surface area (Å²) in [5, 5.41) is 12.6. The van der Waals surface area contributed by atoms with Crippen molar-refractivity contribution in [2.45, 2.75) is 13.8 Å². The number of fused-ring (bicyclic) bond motifs is 1. The summed E-state index contributed by atoms with van der Waals surface area (Å²) < 4.78 is 5.61. The average molecular weight is 407 g/mol. The van der Waals surface area contributed by atoms with Crippen LogP contribution in [0.3, 0.4) is 0 Å². The second-order valence-corrected chi connectivity index (χ2v) is 7.16. The third-order valence-corrected chi connectivity index (χ3v) is 4.76. The minimum atomic E-state index is -0.235. The van der Waals surface area contributed by atoms with Crippen molar-refractivity contribution in [3.63, 3.8) is 0 Å². The van der Waals surface area contributed by atoms with Crippen LogP contribution in [0.2, 0.25) is 5.02 Å². The van der Waals surface area contributed by atoms with Gasteiger partial charge in [0.25, 0.3) is 5.91 Å². The molecule has 146 valence electrons. The van der Waals surface area contributed by atoms with Gasteiger partial charge >= 0.3 is 0 Å². The van der Waals surface area contributed by atoms with Gasteiger partial charge in [-0.2, -0.15) is 4.80 Å². The van der Waals surface area contributed by atoms with Crippen LogP contribution < -0.4 is 10.1 Å². The zero-order valence-corrected chi connectivity index (χ0v) is 16.8. The Kier molecular flexibility index (Phi) is 5.18. The number of ether oxygens (including phenoxy) is 1. The number of benzene rings is 3. The number of hydrogen-bond acceptors (Lipinski definition) is 4. The predicted octanol–water partition coefficient (Wildman–Crippen LogP) is 4.71. The number of hydrogen-bond donors (Lipinski definition) is 1. The minimum Gasteiger partial charge on any atom is -0.483 e. The molecule has 4 rings (SSSR count). The monoisotopic (exact) mass is 406 g/mol. The third kappa shape index (κ3) is 4.22. The lowest BCUT2D eigenvalue weighted by Crippen LogP contribution is -2.20. The molecule has 0 radical (unpaired) electrons. The van der Waals surface area contributed by atoms with Gasteiger partial charge in [0.05, 0.1) is 5.69 Å². The van der Waals surface area contributed by atoms with Gasteiger partial charge in [-0.1, -0.05) is 29.8 Å². The first-order valence-electron chi connectivity index (χ1n) is 9.11. The highest BCUT2D eigenvalue weighted by Gasteiger charge is 2.11. The molecular weight excluding hydrogens is 388 g/mol. The first-order chi connectivity index (χ1) is 14.0. The maximum absolute atomic E-state index is 12.4. The number of carbonyl (C=O) groups excluding carboxylic acids is 1. The molecule has 7 heteroatoms. The lowest BCUT2D eigenvalue weighted by atomic mass is 10.1. The lowest BCUT2D eigenvalue weighted by Gasteiger charge is -2.10. The molecule has 4 aromatic rings. The maximum atomic E-state index is 12.4. The Hall–Kier alpha value is -3.38. The van der Waals surface area contributed by atoms with Gasteiger partial charge in [0.15, 0.2) is 6.61 Å². The number of amides is 1. The van der Waals surface area contributed by atoms with Gasteiger partial charge in [0.2, 0.25) is 0 Å². The SMILES string of the molecule is Cc1cc2nn(-c3ccc(Cl)cc3)nc2cc1NC(=O)COc1ccccc1C. The van der Waals surface area contributed by atoms with E-state index in [1.807, 2.05) is 62.4 Å². The van der Waals surface area contributed by atoms with Crippen LogP contribution in [0.1, 0.15) is 11.1 Å². The molecule has 1 aromatic heterocycles. The maximum Gasteiger partial charge on any atom is 0.262 e. The van der Waals surface area contributed by atoms with Gasteiger partial charge in [0.1, 0.15) is 16.8 Å². The fraction of sp³-hybridized carbons (Fsp3) is 0.136. The summed E-state index contributed by atoms with van der Waals surface area (Å²) in [5.41, 5.74) is 4.79. The van der Waals surface area contributed by atoms with Crippen LogP contribution in [0, 0.1) is 13.8 Å². The summed E-state index contributed by atoms with van der Waals surface area (Å²) in [5.74, 6) is 0.460. The van der Waals surface area contributed by atoms with E-state index in [0.29, 0.717) is 22.0 Å². The lowest BCUT2D eigenvalue weighted by molar-refractivity contribution is -0.118. The molecule has 0 spiro atoms. The highest BCUT2D eigenvalue weighted by atomic mass is 35.5. The second-order valence-electron chi connectivity index (χ2n) is 6.72. The van der Waals surface area contributed by atoms with Crippen LogP contribution in [0.5, 0.6) is 5.75 Å². The molecular formula is C22H19ClN4O2. The first kappa shape index (κ1) is 19.0. The van der Waals surface area contributed by atoms with Crippen molar-refractivity contribution >= 4 is 34.2 Å². The van der Waals surface area contributed by atoms with Crippen molar-refractivity contribution in [3.8, 4) is 11.4 Å². The highest BCUT2D eigenvalue weighted by molar-refractivity contribution is 6.30. The van der Waals surface area contributed by atoms with Crippen LogP contribution in [-0.4, -0.2) is 27.5 Å². The van der Waals surface area contributed by atoms with Crippen molar-refractivity contribution in [3.05, 3.63) is 76.8 Å². The summed E-state index contributed by atoms with van der Waals surface area (Å²) in [6.07, 6.45) is 0. The zero-order chi connectivity index (χ0) is 20.4. The Morgan fingerprint density at radius 1 is 1.00 bits per heavy atom. The van der Waals surface area contributed by atoms with Crippen LogP contribution in [0.15, 0.2) is 60.7 Å². The third-order valence-electron chi connectivity index (χ3n) is 4.51. The Balaban J connectivity index is 1.51. The normalized spacial score (nSPS) is 10.9. The number of aromatic nitrogens is 3. The number of rotatable bonds is 5. The number of carbonyl (C=O) groups is 1. The van der Waals surface area contributed by atoms with Gasteiger partial charge in [-0.15, -0.1) is 10.2 Å². The fourth-order valence-electron chi connectivity index (χ4n) is 2.94. The van der Waals surface area contributed by atoms with E-state index >= 15 is 0 Å². The van der Waals surface area contributed by atoms with Crippen LogP contribution in [0.4, 0.5) is 5.69 Å². The summed E-state index contributed by atoms with van der Waals surface area (Å²) >= 11 is 5.94. The summed E-state index contributed by atoms with van der Waals surface area (Å²) in [7, 11) is 0. The molecule has 0 aliphatic carbocycles. The van der Waals surface area contributed by atoms with E-state index in [0.717, 1.165) is 22.3 Å². The molecule has 1 amide bonds. The number of nitrogens with one attached hydrogen (secondary N) is 1. The highest BCUT2D eigenvalue weighted by Crippen LogP contribution is 2.23. The predicted molar refractivity (Wildman–Crippen MR) is 114 cm³/mol. The number of halogens is 1. The molecule has 1 heterocycles. The Morgan fingerprint density at radius 3 is 2.41 bits per heavy atom. The van der Waals surface area contributed by atoms with Gasteiger partial charge in [0, 0.05) is 10.7 Å². The van der Waals surface area contributed by atoms with Crippen molar-refractivity contribution in [2.24, 2.45) is 0 Å². The molecule has 6 nitrogen and oxygen atoms in total. The van der Waals surface area contributed by atoms with E-state index in [-0.39, 0.29) is 12.5 Å². The largest absolute Gasteiger partial charge is 0.483 e. The summed E-state index contributed by atoms with van der Waals surface area (Å²) in [6, 6.07) is 18.6. The van der Waals surface area contributed by atoms with E-state index in [1.165, 1.54) is 0 Å². The topological polar surface area (TPSA) is 69.0 Å². The van der Waals surface area contributed by atoms with Crippen molar-refractivity contribution in [1.82, 2.24) is 15.0 Å². The second kappa shape index (κ2) is 7.93. The smallest absolute Gasteiger partial charge is 0.262 e. The molecule has 0 saturated heterocycles. The van der Waals surface area contributed by atoms with E-state index in [1.54, 1.807) is 16.9 Å². The molecule has 0 atom stereocenters. The van der Waals surface area contributed by atoms with Crippen molar-refractivity contribution in [2.75, 3.05) is 11.9 Å². The molecule has 0 aliphatic rings. The van der Waals surface area contributed by atoms with Crippen LogP contribution >= 0.6 is 11.6 Å². The van der Waals surface area contributed by atoms with Crippen LogP contribution in [0.25, 0.3) is 16.7 Å². The Bertz CT molecular complexity index is 1190. The molecule has 3 aromatic carbocycles. The molecule has 0 bridgehead atoms. The quantitative estimate of drug-likeness (QED) is 0.521. The standard InChI is InChI=1S/C22H19ClN4O2/c1-14-5-3-4-6-21(14)29-13-22(28)24-18-12-20-19(11-15(18)2)25-27(26-20)17-9-7-16(23)8-10-17/h3-12H,13H2,1-2H3,(H,24,28). The van der Waals surface area contributed by atoms with E-state index in [2.05, 4.69) is 15.5 Å². The molecule has 0 aliphatic heterocycles. The minimum absolute atomic E-state index is 0.0696. The van der Waals surface area contributed by atoms with E-state index in [9.17, 15) is 4.79 Å². The fourth-order valence-corrected chi connectivity index (χ4v) is 3.07. The van der Waals surface area contributed by atoms with Gasteiger partial charge < -0.3 is 10.1 Å². The number of para-hydroxylation sites is 1. The number of aryl methyl sites for hydroxylation is 2. The Morgan fingerprint density at radius 2 is 1.69 bits per heavy atom. The number of anilines is 1. The molecule has 0 saturated carbocycles. The first-order valence-corrected chi connectivity index (χ1v) is 9.49. The molecule has 29 heavy (non-hydrogen) atoms. The summed E-state index contributed by atoms with van der Waals surface area (Å²) in [4.78, 5) is 13.9. The number of nitrogens with zero attached hydrogens (tertiary/aromatic N) is 3. The summed E-state index contributed by atoms with van der Waals surface area (Å²) in [6.45, 7) is 3.79. The molecule has 1 N–H and O–H groups in total. The van der Waals surface area contributed by atoms with E-state index < -0.39 is 0 Å². The van der Waals surface area contributed by atoms with Crippen LogP contribution in [-0.2, 0) is 4.79 Å². The van der Waals surface area contributed by atoms with Gasteiger partial charge in [-0.3, -0.25) is 4.79 Å². The Labute approximate surface area is 173 Å². The van der Waals surface area contributed by atoms with Crippen molar-refractivity contribution in [1.29, 1.82) is 0 Å². The molecule has 0 unspecified atom stereocenters. The van der Waals surface area contributed by atoms with Crippen molar-refractivity contribution < 1.29 is 9.53 Å². The molecule has 0 fully saturated rings. The van der Waals surface area contributed by atoms with Gasteiger partial charge in [-0.05, 0) is 67.4 Å². The van der Waals surface area contributed by atoms with E-state index in [4.69, 9.17) is 16.3 Å². The van der Waals surface area contributed by atoms with Gasteiger partial charge in [-0.25, -0.2) is 0 Å².